The third-order valence-electron chi connectivity index (χ3n) is 14.4. The summed E-state index contributed by atoms with van der Waals surface area (Å²) in [5, 5.41) is 0. The van der Waals surface area contributed by atoms with Crippen molar-refractivity contribution in [2.75, 3.05) is 91.8 Å². The topological polar surface area (TPSA) is 115 Å². The van der Waals surface area contributed by atoms with Crippen LogP contribution in [0, 0.1) is 10.8 Å². The molecule has 8 fully saturated rings. The van der Waals surface area contributed by atoms with E-state index in [4.69, 9.17) is 14.2 Å². The van der Waals surface area contributed by atoms with Crippen molar-refractivity contribution >= 4 is 24.1 Å². The number of amides is 3. The number of rotatable bonds is 5. The summed E-state index contributed by atoms with van der Waals surface area (Å²) >= 11 is 0. The Hall–Kier alpha value is -2.92. The average Bonchev–Trinajstić information content (AvgIpc) is 3.84. The van der Waals surface area contributed by atoms with Gasteiger partial charge >= 0.3 is 18.3 Å². The van der Waals surface area contributed by atoms with Crippen LogP contribution >= 0.6 is 0 Å². The second kappa shape index (κ2) is 20.1. The van der Waals surface area contributed by atoms with Crippen molar-refractivity contribution in [2.45, 2.75) is 160 Å². The molecule has 13 nitrogen and oxygen atoms in total. The van der Waals surface area contributed by atoms with Gasteiger partial charge < -0.3 is 33.8 Å². The van der Waals surface area contributed by atoms with E-state index in [1.807, 2.05) is 42.4 Å². The van der Waals surface area contributed by atoms with E-state index >= 15 is 0 Å². The fourth-order valence-corrected chi connectivity index (χ4v) is 11.2. The number of carbonyl (C=O) groups is 4. The third kappa shape index (κ3) is 12.9. The van der Waals surface area contributed by atoms with E-state index in [0.717, 1.165) is 97.2 Å². The van der Waals surface area contributed by atoms with E-state index in [1.165, 1.54) is 0 Å². The molecule has 17 heteroatoms. The summed E-state index contributed by atoms with van der Waals surface area (Å²) in [6.07, 6.45) is 9.71. The molecule has 0 N–H and O–H groups in total. The molecule has 0 bridgehead atoms. The maximum Gasteiger partial charge on any atom is 0.410 e. The van der Waals surface area contributed by atoms with E-state index in [0.29, 0.717) is 81.8 Å². The van der Waals surface area contributed by atoms with Crippen molar-refractivity contribution in [1.82, 2.24) is 29.4 Å². The molecule has 2 spiro atoms. The standard InChI is InChI=1S/C20H33F2N3O2.C15H26F2N2O2.C10H15NO3/c1-2-27-18(26)25-11-7-19(14-25)12-17(13-19)23-9-4-16(5-10-23)24-8-3-6-20(21,22)15-24;1-14(2,3)21-13(20)18-9-5-12(6-10-18)19-8-4-7-15(16,17)11-19;1-2-14-9(13)11-4-3-10(7-11)5-8(12)6-10/h16-17H,2-15H2,1H3;12H,4-11H2,1-3H3;2-7H2,1H3. The Bertz CT molecular complexity index is 1540. The lowest BCUT2D eigenvalue weighted by atomic mass is 9.64. The minimum Gasteiger partial charge on any atom is -0.450 e. The van der Waals surface area contributed by atoms with Gasteiger partial charge in [0.1, 0.15) is 11.4 Å². The van der Waals surface area contributed by atoms with Crippen LogP contribution in [0.1, 0.15) is 125 Å². The van der Waals surface area contributed by atoms with Crippen molar-refractivity contribution in [3.8, 4) is 0 Å². The first-order valence-corrected chi connectivity index (χ1v) is 23.5. The van der Waals surface area contributed by atoms with E-state index < -0.39 is 17.4 Å². The Balaban J connectivity index is 0.000000163. The number of carbonyl (C=O) groups excluding carboxylic acids is 4. The molecule has 0 aromatic rings. The highest BCUT2D eigenvalue weighted by atomic mass is 19.3. The van der Waals surface area contributed by atoms with E-state index in [1.54, 1.807) is 16.7 Å². The number of ketones is 1. The molecular weight excluding hydrogens is 813 g/mol. The highest BCUT2D eigenvalue weighted by molar-refractivity contribution is 5.86. The Morgan fingerprint density at radius 3 is 1.45 bits per heavy atom. The van der Waals surface area contributed by atoms with Gasteiger partial charge in [0.15, 0.2) is 0 Å². The smallest absolute Gasteiger partial charge is 0.410 e. The second-order valence-electron chi connectivity index (χ2n) is 20.5. The molecule has 8 aliphatic rings. The number of halogens is 4. The zero-order chi connectivity index (χ0) is 44.9. The van der Waals surface area contributed by atoms with Crippen LogP contribution in [0.25, 0.3) is 0 Å². The molecule has 8 rings (SSSR count). The van der Waals surface area contributed by atoms with Gasteiger partial charge in [-0.15, -0.1) is 0 Å². The minimum atomic E-state index is -2.56. The normalized spacial score (nSPS) is 29.2. The van der Waals surface area contributed by atoms with Gasteiger partial charge in [0, 0.05) is 88.5 Å². The summed E-state index contributed by atoms with van der Waals surface area (Å²) in [4.78, 5) is 58.0. The Morgan fingerprint density at radius 2 is 1.02 bits per heavy atom. The van der Waals surface area contributed by atoms with Crippen LogP contribution in [-0.2, 0) is 19.0 Å². The predicted molar refractivity (Wildman–Crippen MR) is 225 cm³/mol. The zero-order valence-electron chi connectivity index (χ0n) is 38.1. The largest absolute Gasteiger partial charge is 0.450 e. The number of alkyl halides is 4. The van der Waals surface area contributed by atoms with Gasteiger partial charge in [0.05, 0.1) is 26.3 Å². The van der Waals surface area contributed by atoms with Crippen LogP contribution in [-0.4, -0.2) is 181 Å². The van der Waals surface area contributed by atoms with Gasteiger partial charge in [0.25, 0.3) is 11.8 Å². The maximum atomic E-state index is 13.7. The molecule has 6 aliphatic heterocycles. The molecule has 0 radical (unpaired) electrons. The molecule has 2 saturated carbocycles. The molecule has 6 heterocycles. The molecule has 0 aromatic heterocycles. The molecule has 62 heavy (non-hydrogen) atoms. The monoisotopic (exact) mass is 887 g/mol. The summed E-state index contributed by atoms with van der Waals surface area (Å²) in [5.41, 5.74) is -0.0874. The Labute approximate surface area is 366 Å². The van der Waals surface area contributed by atoms with Crippen LogP contribution < -0.4 is 0 Å². The van der Waals surface area contributed by atoms with Crippen LogP contribution in [0.3, 0.4) is 0 Å². The first-order valence-electron chi connectivity index (χ1n) is 23.5. The van der Waals surface area contributed by atoms with Gasteiger partial charge in [-0.3, -0.25) is 14.6 Å². The fourth-order valence-electron chi connectivity index (χ4n) is 11.2. The number of Topliss-reactive ketones (excluding diaryl/α,β-unsaturated/α-hetero) is 1. The summed E-state index contributed by atoms with van der Waals surface area (Å²) < 4.78 is 69.7. The lowest BCUT2D eigenvalue weighted by Crippen LogP contribution is -2.57. The van der Waals surface area contributed by atoms with Gasteiger partial charge in [0.2, 0.25) is 0 Å². The second-order valence-corrected chi connectivity index (χ2v) is 20.5. The number of piperidine rings is 4. The van der Waals surface area contributed by atoms with Crippen molar-refractivity contribution < 1.29 is 51.0 Å². The molecule has 0 atom stereocenters. The lowest BCUT2D eigenvalue weighted by Gasteiger charge is -2.52. The molecular formula is C45H74F4N6O7. The third-order valence-corrected chi connectivity index (χ3v) is 14.4. The molecule has 354 valence electrons. The number of likely N-dealkylation sites (tertiary alicyclic amines) is 6. The van der Waals surface area contributed by atoms with E-state index in [9.17, 15) is 36.7 Å². The number of hydrogen-bond donors (Lipinski definition) is 0. The maximum absolute atomic E-state index is 13.7. The van der Waals surface area contributed by atoms with Gasteiger partial charge in [-0.05, 0) is 130 Å². The highest BCUT2D eigenvalue weighted by Crippen LogP contribution is 2.51. The first-order chi connectivity index (χ1) is 29.2. The molecule has 3 amide bonds. The predicted octanol–water partition coefficient (Wildman–Crippen LogP) is 7.51. The molecule has 6 saturated heterocycles. The number of hydrogen-bond acceptors (Lipinski definition) is 10. The van der Waals surface area contributed by atoms with Crippen LogP contribution in [0.4, 0.5) is 31.9 Å². The van der Waals surface area contributed by atoms with Crippen molar-refractivity contribution in [3.63, 3.8) is 0 Å². The van der Waals surface area contributed by atoms with Crippen molar-refractivity contribution in [1.29, 1.82) is 0 Å². The molecule has 2 aliphatic carbocycles. The molecule has 0 unspecified atom stereocenters. The van der Waals surface area contributed by atoms with Gasteiger partial charge in [-0.25, -0.2) is 31.9 Å². The molecule has 0 aromatic carbocycles. The Kier molecular flexibility index (Phi) is 15.7. The SMILES string of the molecule is CC(C)(C)OC(=O)N1CCC(N2CCCC(F)(F)C2)CC1.CCOC(=O)N1CCC2(CC(=O)C2)C1.CCOC(=O)N1CCC2(CC(N3CCC(N4CCCC(F)(F)C4)CC3)C2)C1. The summed E-state index contributed by atoms with van der Waals surface area (Å²) in [6, 6.07) is 1.10. The van der Waals surface area contributed by atoms with Crippen molar-refractivity contribution in [2.24, 2.45) is 10.8 Å². The lowest BCUT2D eigenvalue weighted by molar-refractivity contribution is -0.131. The van der Waals surface area contributed by atoms with E-state index in [-0.39, 0.29) is 55.7 Å². The van der Waals surface area contributed by atoms with Crippen LogP contribution in [0.5, 0.6) is 0 Å². The summed E-state index contributed by atoms with van der Waals surface area (Å²) in [6.45, 7) is 17.7. The van der Waals surface area contributed by atoms with Gasteiger partial charge in [-0.2, -0.15) is 0 Å². The zero-order valence-corrected chi connectivity index (χ0v) is 38.1. The number of nitrogens with zero attached hydrogens (tertiary/aromatic N) is 6. The summed E-state index contributed by atoms with van der Waals surface area (Å²) in [5.74, 6) is -4.72. The minimum absolute atomic E-state index is 0.000252. The highest BCUT2D eigenvalue weighted by Gasteiger charge is 2.52. The van der Waals surface area contributed by atoms with Crippen LogP contribution in [0.15, 0.2) is 0 Å². The average molecular weight is 887 g/mol. The number of ether oxygens (including phenoxy) is 3. The fraction of sp³-hybridized carbons (Fsp3) is 0.911. The Morgan fingerprint density at radius 1 is 0.565 bits per heavy atom. The van der Waals surface area contributed by atoms with E-state index in [2.05, 4.69) is 4.90 Å². The van der Waals surface area contributed by atoms with Gasteiger partial charge in [-0.1, -0.05) is 0 Å². The summed E-state index contributed by atoms with van der Waals surface area (Å²) in [7, 11) is 0. The first kappa shape index (κ1) is 48.5. The van der Waals surface area contributed by atoms with Crippen LogP contribution in [0.2, 0.25) is 0 Å². The quantitative estimate of drug-likeness (QED) is 0.203. The van der Waals surface area contributed by atoms with Crippen molar-refractivity contribution in [3.05, 3.63) is 0 Å².